The van der Waals surface area contributed by atoms with Crippen LogP contribution < -0.4 is 24.3 Å². The molecule has 2 aromatic rings. The first-order chi connectivity index (χ1) is 16.8. The number of amides is 3. The molecule has 2 heterocycles. The number of aliphatic carboxylic acids is 1. The Labute approximate surface area is 203 Å². The molecule has 0 unspecified atom stereocenters. The SMILES string of the molecule is CCOc1cc(C=C2SC(=O)N(CC(=O)Nc3ccc4c(c3)OCO4)C2=O)ccc1OCC(=O)O. The predicted octanol–water partition coefficient (Wildman–Crippen LogP) is 2.95. The number of ether oxygens (including phenoxy) is 4. The molecule has 0 radical (unpaired) electrons. The Morgan fingerprint density at radius 2 is 1.91 bits per heavy atom. The lowest BCUT2D eigenvalue weighted by Gasteiger charge is -2.13. The maximum Gasteiger partial charge on any atom is 0.341 e. The van der Waals surface area contributed by atoms with Gasteiger partial charge in [0, 0.05) is 11.8 Å². The molecule has 2 aliphatic heterocycles. The van der Waals surface area contributed by atoms with Gasteiger partial charge in [-0.2, -0.15) is 0 Å². The molecule has 12 heteroatoms. The quantitative estimate of drug-likeness (QED) is 0.494. The molecule has 0 aromatic heterocycles. The lowest BCUT2D eigenvalue weighted by molar-refractivity contribution is -0.139. The number of carboxylic acids is 1. The Morgan fingerprint density at radius 3 is 2.69 bits per heavy atom. The fourth-order valence-corrected chi connectivity index (χ4v) is 4.09. The summed E-state index contributed by atoms with van der Waals surface area (Å²) in [5.41, 5.74) is 0.974. The summed E-state index contributed by atoms with van der Waals surface area (Å²) in [5.74, 6) is -0.705. The minimum Gasteiger partial charge on any atom is -0.490 e. The van der Waals surface area contributed by atoms with E-state index in [2.05, 4.69) is 5.32 Å². The monoisotopic (exact) mass is 500 g/mol. The van der Waals surface area contributed by atoms with Crippen molar-refractivity contribution in [2.45, 2.75) is 6.92 Å². The van der Waals surface area contributed by atoms with E-state index in [-0.39, 0.29) is 17.4 Å². The van der Waals surface area contributed by atoms with Crippen molar-refractivity contribution in [3.8, 4) is 23.0 Å². The molecular weight excluding hydrogens is 480 g/mol. The molecule has 0 aliphatic carbocycles. The number of nitrogens with zero attached hydrogens (tertiary/aromatic N) is 1. The first-order valence-electron chi connectivity index (χ1n) is 10.4. The summed E-state index contributed by atoms with van der Waals surface area (Å²) in [6.45, 7) is 1.17. The van der Waals surface area contributed by atoms with Gasteiger partial charge in [0.05, 0.1) is 11.5 Å². The van der Waals surface area contributed by atoms with Gasteiger partial charge in [0.2, 0.25) is 12.7 Å². The Balaban J connectivity index is 1.44. The molecule has 0 spiro atoms. The largest absolute Gasteiger partial charge is 0.490 e. The van der Waals surface area contributed by atoms with Crippen molar-refractivity contribution in [1.82, 2.24) is 4.90 Å². The number of carbonyl (C=O) groups excluding carboxylic acids is 3. The van der Waals surface area contributed by atoms with Gasteiger partial charge in [-0.15, -0.1) is 0 Å². The van der Waals surface area contributed by atoms with E-state index >= 15 is 0 Å². The Kier molecular flexibility index (Phi) is 7.11. The third kappa shape index (κ3) is 5.66. The van der Waals surface area contributed by atoms with Crippen LogP contribution in [0.1, 0.15) is 12.5 Å². The second-order valence-corrected chi connectivity index (χ2v) is 8.20. The highest BCUT2D eigenvalue weighted by Gasteiger charge is 2.36. The molecule has 4 rings (SSSR count). The Morgan fingerprint density at radius 1 is 1.11 bits per heavy atom. The molecule has 0 bridgehead atoms. The maximum atomic E-state index is 12.8. The smallest absolute Gasteiger partial charge is 0.341 e. The van der Waals surface area contributed by atoms with Crippen LogP contribution in [0.2, 0.25) is 0 Å². The summed E-state index contributed by atoms with van der Waals surface area (Å²) in [6.07, 6.45) is 1.49. The minimum atomic E-state index is -1.13. The minimum absolute atomic E-state index is 0.0972. The average molecular weight is 500 g/mol. The van der Waals surface area contributed by atoms with Crippen LogP contribution in [-0.2, 0) is 14.4 Å². The van der Waals surface area contributed by atoms with Crippen molar-refractivity contribution in [1.29, 1.82) is 0 Å². The fourth-order valence-electron chi connectivity index (χ4n) is 3.25. The van der Waals surface area contributed by atoms with Gasteiger partial charge < -0.3 is 29.4 Å². The van der Waals surface area contributed by atoms with E-state index in [0.29, 0.717) is 46.9 Å². The Bertz CT molecular complexity index is 1230. The van der Waals surface area contributed by atoms with E-state index in [9.17, 15) is 19.2 Å². The summed E-state index contributed by atoms with van der Waals surface area (Å²) < 4.78 is 21.2. The molecule has 3 amide bonds. The highest BCUT2D eigenvalue weighted by molar-refractivity contribution is 8.18. The number of anilines is 1. The number of rotatable bonds is 9. The van der Waals surface area contributed by atoms with Crippen LogP contribution in [0.4, 0.5) is 10.5 Å². The van der Waals surface area contributed by atoms with Gasteiger partial charge in [-0.1, -0.05) is 6.07 Å². The number of imide groups is 1. The maximum absolute atomic E-state index is 12.8. The van der Waals surface area contributed by atoms with E-state index in [1.54, 1.807) is 37.3 Å². The van der Waals surface area contributed by atoms with Crippen LogP contribution in [0, 0.1) is 0 Å². The van der Waals surface area contributed by atoms with E-state index in [1.807, 2.05) is 0 Å². The van der Waals surface area contributed by atoms with Crippen LogP contribution in [0.3, 0.4) is 0 Å². The molecule has 182 valence electrons. The van der Waals surface area contributed by atoms with E-state index in [1.165, 1.54) is 12.1 Å². The number of carboxylic acid groups (broad SMARTS) is 1. The van der Waals surface area contributed by atoms with E-state index in [0.717, 1.165) is 4.90 Å². The first kappa shape index (κ1) is 24.0. The van der Waals surface area contributed by atoms with Crippen LogP contribution in [0.5, 0.6) is 23.0 Å². The van der Waals surface area contributed by atoms with Crippen LogP contribution in [-0.4, -0.2) is 59.6 Å². The molecule has 2 aromatic carbocycles. The van der Waals surface area contributed by atoms with E-state index in [4.69, 9.17) is 24.1 Å². The Hall–Kier alpha value is -4.19. The van der Waals surface area contributed by atoms with Crippen molar-refractivity contribution in [3.05, 3.63) is 46.9 Å². The van der Waals surface area contributed by atoms with Gasteiger partial charge in [-0.25, -0.2) is 4.79 Å². The first-order valence-corrected chi connectivity index (χ1v) is 11.2. The molecular formula is C23H20N2O9S. The number of fused-ring (bicyclic) bond motifs is 1. The molecule has 0 atom stereocenters. The molecule has 1 saturated heterocycles. The number of nitrogens with one attached hydrogen (secondary N) is 1. The van der Waals surface area contributed by atoms with Gasteiger partial charge in [0.1, 0.15) is 6.54 Å². The van der Waals surface area contributed by atoms with Gasteiger partial charge in [-0.05, 0) is 54.6 Å². The summed E-state index contributed by atoms with van der Waals surface area (Å²) in [4.78, 5) is 49.4. The van der Waals surface area contributed by atoms with E-state index < -0.39 is 36.2 Å². The summed E-state index contributed by atoms with van der Waals surface area (Å²) in [6, 6.07) is 9.55. The summed E-state index contributed by atoms with van der Waals surface area (Å²) in [7, 11) is 0. The number of hydrogen-bond acceptors (Lipinski definition) is 9. The third-order valence-corrected chi connectivity index (χ3v) is 5.66. The van der Waals surface area contributed by atoms with Crippen molar-refractivity contribution < 1.29 is 43.2 Å². The van der Waals surface area contributed by atoms with Crippen molar-refractivity contribution in [3.63, 3.8) is 0 Å². The number of thioether (sulfide) groups is 1. The molecule has 0 saturated carbocycles. The highest BCUT2D eigenvalue weighted by atomic mass is 32.2. The topological polar surface area (TPSA) is 141 Å². The normalized spacial score (nSPS) is 15.5. The number of hydrogen-bond donors (Lipinski definition) is 2. The third-order valence-electron chi connectivity index (χ3n) is 4.75. The van der Waals surface area contributed by atoms with Crippen molar-refractivity contribution >= 4 is 46.5 Å². The molecule has 35 heavy (non-hydrogen) atoms. The molecule has 2 aliphatic rings. The van der Waals surface area contributed by atoms with Crippen molar-refractivity contribution in [2.24, 2.45) is 0 Å². The van der Waals surface area contributed by atoms with Crippen molar-refractivity contribution in [2.75, 3.05) is 31.9 Å². The molecule has 11 nitrogen and oxygen atoms in total. The van der Waals surface area contributed by atoms with Gasteiger partial charge in [0.25, 0.3) is 11.1 Å². The zero-order valence-electron chi connectivity index (χ0n) is 18.4. The standard InChI is InChI=1S/C23H20N2O9S/c1-2-31-17-7-13(3-5-15(17)32-11-21(27)28)8-19-22(29)25(23(30)35-19)10-20(26)24-14-4-6-16-18(9-14)34-12-33-16/h3-9H,2,10-12H2,1H3,(H,24,26)(H,27,28). The van der Waals surface area contributed by atoms with Gasteiger partial charge >= 0.3 is 5.97 Å². The second-order valence-electron chi connectivity index (χ2n) is 7.21. The number of carbonyl (C=O) groups is 4. The fraction of sp³-hybridized carbons (Fsp3) is 0.217. The lowest BCUT2D eigenvalue weighted by Crippen LogP contribution is -2.36. The van der Waals surface area contributed by atoms with Gasteiger partial charge in [0.15, 0.2) is 29.6 Å². The molecule has 1 fully saturated rings. The predicted molar refractivity (Wildman–Crippen MR) is 125 cm³/mol. The van der Waals surface area contributed by atoms with Crippen LogP contribution in [0.15, 0.2) is 41.3 Å². The number of benzene rings is 2. The summed E-state index contributed by atoms with van der Waals surface area (Å²) >= 11 is 0.711. The lowest BCUT2D eigenvalue weighted by atomic mass is 10.2. The average Bonchev–Trinajstić information content (AvgIpc) is 3.38. The van der Waals surface area contributed by atoms with Gasteiger partial charge in [-0.3, -0.25) is 19.3 Å². The second kappa shape index (κ2) is 10.4. The molecule has 2 N–H and O–H groups in total. The summed E-state index contributed by atoms with van der Waals surface area (Å²) in [5, 5.41) is 10.9. The van der Waals surface area contributed by atoms with Crippen LogP contribution in [0.25, 0.3) is 6.08 Å². The zero-order chi connectivity index (χ0) is 24.9. The zero-order valence-corrected chi connectivity index (χ0v) is 19.3. The highest BCUT2D eigenvalue weighted by Crippen LogP contribution is 2.36. The van der Waals surface area contributed by atoms with Crippen LogP contribution >= 0.6 is 11.8 Å².